The minimum absolute atomic E-state index is 0.0350. The van der Waals surface area contributed by atoms with Crippen molar-refractivity contribution in [3.8, 4) is 17.2 Å². The van der Waals surface area contributed by atoms with Crippen molar-refractivity contribution in [2.75, 3.05) is 13.7 Å². The van der Waals surface area contributed by atoms with Crippen LogP contribution in [0, 0.1) is 13.8 Å². The number of aromatic nitrogens is 2. The summed E-state index contributed by atoms with van der Waals surface area (Å²) in [5.74, 6) is -0.0421. The molecule has 1 amide bonds. The fourth-order valence-electron chi connectivity index (χ4n) is 3.27. The summed E-state index contributed by atoms with van der Waals surface area (Å²) in [7, 11) is 1.38. The molecule has 0 aliphatic heterocycles. The summed E-state index contributed by atoms with van der Waals surface area (Å²) in [6, 6.07) is 14.4. The maximum absolute atomic E-state index is 12.7. The summed E-state index contributed by atoms with van der Waals surface area (Å²) in [6.07, 6.45) is 0.445. The molecule has 0 saturated heterocycles. The Morgan fingerprint density at radius 2 is 1.87 bits per heavy atom. The van der Waals surface area contributed by atoms with Gasteiger partial charge in [-0.15, -0.1) is 0 Å². The first-order valence-electron chi connectivity index (χ1n) is 9.42. The van der Waals surface area contributed by atoms with Crippen molar-refractivity contribution in [1.82, 2.24) is 15.1 Å². The van der Waals surface area contributed by atoms with Crippen LogP contribution in [0.2, 0.25) is 0 Å². The van der Waals surface area contributed by atoms with Gasteiger partial charge >= 0.3 is 6.61 Å². The number of carbonyl (C=O) groups excluding carboxylic acids is 1. The molecule has 0 spiro atoms. The highest BCUT2D eigenvalue weighted by atomic mass is 19.3. The number of carbonyl (C=O) groups is 1. The Hall–Kier alpha value is -3.42. The number of hydrogen-bond donors (Lipinski definition) is 1. The van der Waals surface area contributed by atoms with Crippen LogP contribution in [0.3, 0.4) is 0 Å². The van der Waals surface area contributed by atoms with E-state index in [1.165, 1.54) is 13.2 Å². The maximum Gasteiger partial charge on any atom is 0.387 e. The van der Waals surface area contributed by atoms with Gasteiger partial charge in [0.2, 0.25) is 0 Å². The first-order chi connectivity index (χ1) is 14.4. The molecule has 30 heavy (non-hydrogen) atoms. The van der Waals surface area contributed by atoms with Crippen molar-refractivity contribution in [1.29, 1.82) is 0 Å². The van der Waals surface area contributed by atoms with Gasteiger partial charge in [0.15, 0.2) is 11.5 Å². The second-order valence-electron chi connectivity index (χ2n) is 6.66. The Morgan fingerprint density at radius 1 is 1.13 bits per heavy atom. The van der Waals surface area contributed by atoms with Crippen LogP contribution < -0.4 is 14.8 Å². The van der Waals surface area contributed by atoms with E-state index in [0.29, 0.717) is 24.2 Å². The fourth-order valence-corrected chi connectivity index (χ4v) is 3.27. The van der Waals surface area contributed by atoms with Crippen molar-refractivity contribution in [3.05, 3.63) is 71.0 Å². The summed E-state index contributed by atoms with van der Waals surface area (Å²) in [6.45, 7) is 1.02. The number of methoxy groups -OCH3 is 1. The highest BCUT2D eigenvalue weighted by Gasteiger charge is 2.19. The van der Waals surface area contributed by atoms with Crippen molar-refractivity contribution >= 4 is 5.91 Å². The molecule has 1 heterocycles. The largest absolute Gasteiger partial charge is 0.493 e. The van der Waals surface area contributed by atoms with Crippen LogP contribution in [0.1, 0.15) is 27.3 Å². The summed E-state index contributed by atoms with van der Waals surface area (Å²) in [5, 5.41) is 7.35. The quantitative estimate of drug-likeness (QED) is 0.602. The number of nitrogens with zero attached hydrogens (tertiary/aromatic N) is 2. The topological polar surface area (TPSA) is 65.4 Å². The number of aryl methyl sites for hydroxylation is 1. The first kappa shape index (κ1) is 21.3. The SMILES string of the molecule is COc1ccc(CCNC(=O)c2c(C)nn(-c3ccccc3)c2C)cc1OC(F)F. The van der Waals surface area contributed by atoms with Gasteiger partial charge in [-0.25, -0.2) is 4.68 Å². The summed E-state index contributed by atoms with van der Waals surface area (Å²) < 4.78 is 36.4. The molecule has 1 N–H and O–H groups in total. The van der Waals surface area contributed by atoms with Crippen LogP contribution in [0.5, 0.6) is 11.5 Å². The molecule has 3 rings (SSSR count). The molecule has 0 fully saturated rings. The lowest BCUT2D eigenvalue weighted by molar-refractivity contribution is -0.0512. The molecule has 0 radical (unpaired) electrons. The molecular formula is C22H23F2N3O3. The van der Waals surface area contributed by atoms with Crippen LogP contribution in [0.25, 0.3) is 5.69 Å². The molecule has 0 atom stereocenters. The predicted octanol–water partition coefficient (Wildman–Crippen LogP) is 4.07. The van der Waals surface area contributed by atoms with Crippen LogP contribution in [-0.2, 0) is 6.42 Å². The van der Waals surface area contributed by atoms with Crippen LogP contribution >= 0.6 is 0 Å². The third-order valence-corrected chi connectivity index (χ3v) is 4.66. The smallest absolute Gasteiger partial charge is 0.387 e. The van der Waals surface area contributed by atoms with Crippen molar-refractivity contribution in [2.24, 2.45) is 0 Å². The predicted molar refractivity (Wildman–Crippen MR) is 109 cm³/mol. The minimum atomic E-state index is -2.94. The van der Waals surface area contributed by atoms with E-state index >= 15 is 0 Å². The van der Waals surface area contributed by atoms with E-state index in [1.54, 1.807) is 23.7 Å². The van der Waals surface area contributed by atoms with Gasteiger partial charge in [-0.3, -0.25) is 4.79 Å². The fraction of sp³-hybridized carbons (Fsp3) is 0.273. The number of alkyl halides is 2. The minimum Gasteiger partial charge on any atom is -0.493 e. The molecule has 0 saturated carbocycles. The molecule has 0 unspecified atom stereocenters. The standard InChI is InChI=1S/C22H23F2N3O3/c1-14-20(15(2)27(26-14)17-7-5-4-6-8-17)21(28)25-12-11-16-9-10-18(29-3)19(13-16)30-22(23)24/h4-10,13,22H,11-12H2,1-3H3,(H,25,28). The van der Waals surface area contributed by atoms with E-state index in [2.05, 4.69) is 15.2 Å². The Kier molecular flexibility index (Phi) is 6.66. The Bertz CT molecular complexity index is 1020. The van der Waals surface area contributed by atoms with Gasteiger partial charge in [-0.05, 0) is 50.1 Å². The molecule has 3 aromatic rings. The number of hydrogen-bond acceptors (Lipinski definition) is 4. The molecule has 2 aromatic carbocycles. The third kappa shape index (κ3) is 4.76. The van der Waals surface area contributed by atoms with E-state index in [1.807, 2.05) is 37.3 Å². The van der Waals surface area contributed by atoms with E-state index < -0.39 is 6.61 Å². The second-order valence-corrected chi connectivity index (χ2v) is 6.66. The Labute approximate surface area is 173 Å². The Morgan fingerprint density at radius 3 is 2.53 bits per heavy atom. The normalized spacial score (nSPS) is 10.9. The number of benzene rings is 2. The van der Waals surface area contributed by atoms with Gasteiger partial charge in [0.25, 0.3) is 5.91 Å². The van der Waals surface area contributed by atoms with E-state index in [9.17, 15) is 13.6 Å². The summed E-state index contributed by atoms with van der Waals surface area (Å²) >= 11 is 0. The number of para-hydroxylation sites is 1. The van der Waals surface area contributed by atoms with Gasteiger partial charge in [0, 0.05) is 6.54 Å². The molecule has 8 heteroatoms. The van der Waals surface area contributed by atoms with Crippen molar-refractivity contribution in [3.63, 3.8) is 0 Å². The summed E-state index contributed by atoms with van der Waals surface area (Å²) in [4.78, 5) is 12.7. The van der Waals surface area contributed by atoms with Gasteiger partial charge in [-0.2, -0.15) is 13.9 Å². The number of rotatable bonds is 8. The van der Waals surface area contributed by atoms with E-state index in [4.69, 9.17) is 4.74 Å². The lowest BCUT2D eigenvalue weighted by Gasteiger charge is -2.12. The first-order valence-corrected chi connectivity index (χ1v) is 9.42. The molecular weight excluding hydrogens is 392 g/mol. The van der Waals surface area contributed by atoms with Crippen LogP contribution in [0.15, 0.2) is 48.5 Å². The molecule has 1 aromatic heterocycles. The van der Waals surface area contributed by atoms with Crippen LogP contribution in [0.4, 0.5) is 8.78 Å². The number of nitrogens with one attached hydrogen (secondary N) is 1. The lowest BCUT2D eigenvalue weighted by Crippen LogP contribution is -2.26. The van der Waals surface area contributed by atoms with Crippen molar-refractivity contribution in [2.45, 2.75) is 26.9 Å². The highest BCUT2D eigenvalue weighted by Crippen LogP contribution is 2.29. The molecule has 0 aliphatic carbocycles. The molecule has 6 nitrogen and oxygen atoms in total. The zero-order valence-electron chi connectivity index (χ0n) is 17.0. The number of halogens is 2. The van der Waals surface area contributed by atoms with Gasteiger partial charge in [0.05, 0.1) is 29.7 Å². The average Bonchev–Trinajstić information content (AvgIpc) is 3.02. The van der Waals surface area contributed by atoms with Gasteiger partial charge < -0.3 is 14.8 Å². The number of ether oxygens (including phenoxy) is 2. The Balaban J connectivity index is 1.68. The molecule has 0 aliphatic rings. The maximum atomic E-state index is 12.7. The number of amides is 1. The average molecular weight is 415 g/mol. The second kappa shape index (κ2) is 9.39. The molecule has 158 valence electrons. The lowest BCUT2D eigenvalue weighted by atomic mass is 10.1. The van der Waals surface area contributed by atoms with Gasteiger partial charge in [0.1, 0.15) is 0 Å². The third-order valence-electron chi connectivity index (χ3n) is 4.66. The molecule has 0 bridgehead atoms. The summed E-state index contributed by atoms with van der Waals surface area (Å²) in [5.41, 5.74) is 3.51. The van der Waals surface area contributed by atoms with E-state index in [-0.39, 0.29) is 17.4 Å². The van der Waals surface area contributed by atoms with Crippen molar-refractivity contribution < 1.29 is 23.0 Å². The highest BCUT2D eigenvalue weighted by molar-refractivity contribution is 5.96. The zero-order chi connectivity index (χ0) is 21.7. The van der Waals surface area contributed by atoms with E-state index in [0.717, 1.165) is 16.9 Å². The zero-order valence-corrected chi connectivity index (χ0v) is 17.0. The van der Waals surface area contributed by atoms with Crippen LogP contribution in [-0.4, -0.2) is 36.0 Å². The van der Waals surface area contributed by atoms with Gasteiger partial charge in [-0.1, -0.05) is 24.3 Å². The monoisotopic (exact) mass is 415 g/mol.